The molecule has 0 radical (unpaired) electrons. The van der Waals surface area contributed by atoms with Crippen molar-refractivity contribution in [1.82, 2.24) is 9.47 Å². The number of hydrogen-bond acceptors (Lipinski definition) is 2. The number of halogens is 1. The van der Waals surface area contributed by atoms with E-state index in [9.17, 15) is 9.18 Å². The molecule has 0 unspecified atom stereocenters. The van der Waals surface area contributed by atoms with Crippen molar-refractivity contribution in [3.05, 3.63) is 41.9 Å². The predicted octanol–water partition coefficient (Wildman–Crippen LogP) is 2.44. The van der Waals surface area contributed by atoms with Gasteiger partial charge in [0.15, 0.2) is 0 Å². The zero-order chi connectivity index (χ0) is 14.7. The number of rotatable bonds is 5. The van der Waals surface area contributed by atoms with Gasteiger partial charge in [0.1, 0.15) is 5.82 Å². The second-order valence-corrected chi connectivity index (χ2v) is 4.90. The van der Waals surface area contributed by atoms with Crippen molar-refractivity contribution < 1.29 is 14.3 Å². The normalized spacial score (nSPS) is 11.8. The summed E-state index contributed by atoms with van der Waals surface area (Å²) in [5.41, 5.74) is 1.66. The average molecular weight is 276 g/mol. The Labute approximate surface area is 116 Å². The SMILES string of the molecule is CN(C)CCn1c(/C=C/C(=O)O)cc2cc(F)ccc21. The zero-order valence-electron chi connectivity index (χ0n) is 11.5. The molecule has 0 spiro atoms. The number of carbonyl (C=O) groups is 1. The Bertz CT molecular complexity index is 659. The van der Waals surface area contributed by atoms with Crippen molar-refractivity contribution in [1.29, 1.82) is 0 Å². The van der Waals surface area contributed by atoms with Gasteiger partial charge in [-0.25, -0.2) is 9.18 Å². The molecule has 106 valence electrons. The van der Waals surface area contributed by atoms with Gasteiger partial charge in [-0.1, -0.05) is 0 Å². The number of carboxylic acid groups (broad SMARTS) is 1. The molecule has 20 heavy (non-hydrogen) atoms. The van der Waals surface area contributed by atoms with Crippen molar-refractivity contribution in [2.24, 2.45) is 0 Å². The third kappa shape index (κ3) is 3.24. The van der Waals surface area contributed by atoms with E-state index >= 15 is 0 Å². The zero-order valence-corrected chi connectivity index (χ0v) is 11.5. The van der Waals surface area contributed by atoms with E-state index in [4.69, 9.17) is 5.11 Å². The Morgan fingerprint density at radius 3 is 2.80 bits per heavy atom. The van der Waals surface area contributed by atoms with Gasteiger partial charge in [0.2, 0.25) is 0 Å². The lowest BCUT2D eigenvalue weighted by molar-refractivity contribution is -0.131. The third-order valence-corrected chi connectivity index (χ3v) is 3.06. The van der Waals surface area contributed by atoms with Gasteiger partial charge in [-0.05, 0) is 44.4 Å². The number of likely N-dealkylation sites (N-methyl/N-ethyl adjacent to an activating group) is 1. The van der Waals surface area contributed by atoms with Crippen LogP contribution in [0.1, 0.15) is 5.69 Å². The van der Waals surface area contributed by atoms with Crippen LogP contribution in [0.3, 0.4) is 0 Å². The number of nitrogens with zero attached hydrogens (tertiary/aromatic N) is 2. The first kappa shape index (κ1) is 14.3. The summed E-state index contributed by atoms with van der Waals surface area (Å²) in [6.07, 6.45) is 2.63. The van der Waals surface area contributed by atoms with E-state index in [1.807, 2.05) is 23.6 Å². The molecule has 0 atom stereocenters. The van der Waals surface area contributed by atoms with E-state index in [0.717, 1.165) is 29.2 Å². The highest BCUT2D eigenvalue weighted by molar-refractivity contribution is 5.88. The lowest BCUT2D eigenvalue weighted by Gasteiger charge is -2.13. The fraction of sp³-hybridized carbons (Fsp3) is 0.267. The van der Waals surface area contributed by atoms with Crippen LogP contribution in [0.15, 0.2) is 30.3 Å². The van der Waals surface area contributed by atoms with E-state index in [-0.39, 0.29) is 5.82 Å². The standard InChI is InChI=1S/C15H17FN2O2/c1-17(2)7-8-18-13(4-6-15(19)20)10-11-9-12(16)3-5-14(11)18/h3-6,9-10H,7-8H2,1-2H3,(H,19,20)/b6-4+. The number of hydrogen-bond donors (Lipinski definition) is 1. The molecule has 5 heteroatoms. The first-order valence-electron chi connectivity index (χ1n) is 6.32. The Balaban J connectivity index is 2.47. The minimum absolute atomic E-state index is 0.295. The molecule has 0 saturated carbocycles. The molecular formula is C15H17FN2O2. The van der Waals surface area contributed by atoms with Crippen LogP contribution in [0.4, 0.5) is 4.39 Å². The highest BCUT2D eigenvalue weighted by Crippen LogP contribution is 2.22. The molecule has 2 rings (SSSR count). The summed E-state index contributed by atoms with van der Waals surface area (Å²) in [6.45, 7) is 1.52. The van der Waals surface area contributed by atoms with E-state index in [2.05, 4.69) is 0 Å². The van der Waals surface area contributed by atoms with Gasteiger partial charge >= 0.3 is 5.97 Å². The van der Waals surface area contributed by atoms with Crippen molar-refractivity contribution in [3.63, 3.8) is 0 Å². The van der Waals surface area contributed by atoms with E-state index in [1.165, 1.54) is 18.2 Å². The van der Waals surface area contributed by atoms with Crippen LogP contribution in [0, 0.1) is 5.82 Å². The quantitative estimate of drug-likeness (QED) is 0.853. The fourth-order valence-electron chi connectivity index (χ4n) is 2.11. The van der Waals surface area contributed by atoms with Crippen LogP contribution >= 0.6 is 0 Å². The van der Waals surface area contributed by atoms with Gasteiger partial charge in [0.05, 0.1) is 0 Å². The van der Waals surface area contributed by atoms with E-state index in [1.54, 1.807) is 12.1 Å². The number of fused-ring (bicyclic) bond motifs is 1. The van der Waals surface area contributed by atoms with Gasteiger partial charge < -0.3 is 14.6 Å². The van der Waals surface area contributed by atoms with E-state index in [0.29, 0.717) is 6.54 Å². The monoisotopic (exact) mass is 276 g/mol. The van der Waals surface area contributed by atoms with Crippen molar-refractivity contribution in [2.75, 3.05) is 20.6 Å². The van der Waals surface area contributed by atoms with Gasteiger partial charge in [-0.15, -0.1) is 0 Å². The molecule has 0 saturated heterocycles. The smallest absolute Gasteiger partial charge is 0.328 e. The summed E-state index contributed by atoms with van der Waals surface area (Å²) in [5, 5.41) is 9.51. The topological polar surface area (TPSA) is 45.5 Å². The Morgan fingerprint density at radius 1 is 1.40 bits per heavy atom. The maximum Gasteiger partial charge on any atom is 0.328 e. The molecule has 2 aromatic rings. The third-order valence-electron chi connectivity index (χ3n) is 3.06. The van der Waals surface area contributed by atoms with Gasteiger partial charge in [-0.2, -0.15) is 0 Å². The van der Waals surface area contributed by atoms with Crippen LogP contribution < -0.4 is 0 Å². The minimum Gasteiger partial charge on any atom is -0.478 e. The van der Waals surface area contributed by atoms with Crippen LogP contribution in [0.25, 0.3) is 17.0 Å². The minimum atomic E-state index is -0.999. The lowest BCUT2D eigenvalue weighted by atomic mass is 10.2. The lowest BCUT2D eigenvalue weighted by Crippen LogP contribution is -2.18. The van der Waals surface area contributed by atoms with Crippen LogP contribution in [0.2, 0.25) is 0 Å². The summed E-state index contributed by atoms with van der Waals surface area (Å²) in [7, 11) is 3.94. The van der Waals surface area contributed by atoms with Crippen molar-refractivity contribution >= 4 is 22.9 Å². The van der Waals surface area contributed by atoms with Gasteiger partial charge in [-0.3, -0.25) is 0 Å². The molecule has 0 amide bonds. The first-order chi connectivity index (χ1) is 9.47. The molecule has 1 aromatic heterocycles. The van der Waals surface area contributed by atoms with Crippen LogP contribution in [-0.4, -0.2) is 41.2 Å². The fourth-order valence-corrected chi connectivity index (χ4v) is 2.11. The summed E-state index contributed by atoms with van der Waals surface area (Å²) in [4.78, 5) is 12.7. The molecule has 1 N–H and O–H groups in total. The number of aliphatic carboxylic acids is 1. The molecule has 0 aliphatic heterocycles. The van der Waals surface area contributed by atoms with Crippen molar-refractivity contribution in [3.8, 4) is 0 Å². The van der Waals surface area contributed by atoms with Gasteiger partial charge in [0, 0.05) is 35.8 Å². The second kappa shape index (κ2) is 5.88. The molecule has 4 nitrogen and oxygen atoms in total. The number of aromatic nitrogens is 1. The number of carboxylic acids is 1. The van der Waals surface area contributed by atoms with Crippen molar-refractivity contribution in [2.45, 2.75) is 6.54 Å². The summed E-state index contributed by atoms with van der Waals surface area (Å²) >= 11 is 0. The highest BCUT2D eigenvalue weighted by Gasteiger charge is 2.08. The molecule has 0 aliphatic carbocycles. The summed E-state index contributed by atoms with van der Waals surface area (Å²) in [5.74, 6) is -1.29. The molecule has 0 fully saturated rings. The average Bonchev–Trinajstić information content (AvgIpc) is 2.70. The number of benzene rings is 1. The predicted molar refractivity (Wildman–Crippen MR) is 77.1 cm³/mol. The summed E-state index contributed by atoms with van der Waals surface area (Å²) < 4.78 is 15.3. The molecule has 0 bridgehead atoms. The Kier molecular flexibility index (Phi) is 4.20. The van der Waals surface area contributed by atoms with Crippen LogP contribution in [0.5, 0.6) is 0 Å². The Morgan fingerprint density at radius 2 is 2.15 bits per heavy atom. The maximum atomic E-state index is 13.3. The molecular weight excluding hydrogens is 259 g/mol. The highest BCUT2D eigenvalue weighted by atomic mass is 19.1. The molecule has 0 aliphatic rings. The van der Waals surface area contributed by atoms with Gasteiger partial charge in [0.25, 0.3) is 0 Å². The Hall–Kier alpha value is -2.14. The van der Waals surface area contributed by atoms with Crippen LogP contribution in [-0.2, 0) is 11.3 Å². The second-order valence-electron chi connectivity index (χ2n) is 4.90. The maximum absolute atomic E-state index is 13.3. The summed E-state index contributed by atoms with van der Waals surface area (Å²) in [6, 6.07) is 6.39. The molecule has 1 heterocycles. The molecule has 1 aromatic carbocycles. The largest absolute Gasteiger partial charge is 0.478 e. The first-order valence-corrected chi connectivity index (χ1v) is 6.32. The van der Waals surface area contributed by atoms with E-state index < -0.39 is 5.97 Å².